The van der Waals surface area contributed by atoms with Crippen LogP contribution in [0.2, 0.25) is 5.02 Å². The Bertz CT molecular complexity index is 899. The van der Waals surface area contributed by atoms with E-state index in [1.54, 1.807) is 0 Å². The van der Waals surface area contributed by atoms with Gasteiger partial charge in [0.05, 0.1) is 34.3 Å². The Kier molecular flexibility index (Phi) is 3.35. The molecule has 5 heteroatoms. The molecule has 2 aromatic heterocycles. The van der Waals surface area contributed by atoms with Crippen molar-refractivity contribution < 1.29 is 0 Å². The lowest BCUT2D eigenvalue weighted by Crippen LogP contribution is -2.36. The lowest BCUT2D eigenvalue weighted by atomic mass is 9.98. The lowest BCUT2D eigenvalue weighted by molar-refractivity contribution is 0.151. The molecule has 1 unspecified atom stereocenters. The van der Waals surface area contributed by atoms with E-state index < -0.39 is 0 Å². The minimum absolute atomic E-state index is 0.434. The van der Waals surface area contributed by atoms with E-state index in [4.69, 9.17) is 16.6 Å². The van der Waals surface area contributed by atoms with Crippen molar-refractivity contribution in [2.24, 2.45) is 5.92 Å². The monoisotopic (exact) mass is 338 g/mol. The summed E-state index contributed by atoms with van der Waals surface area (Å²) >= 11 is 6.32. The van der Waals surface area contributed by atoms with Crippen molar-refractivity contribution in [3.63, 3.8) is 0 Å². The molecule has 2 aliphatic rings. The molecule has 0 amide bonds. The van der Waals surface area contributed by atoms with Gasteiger partial charge in [-0.3, -0.25) is 4.90 Å². The summed E-state index contributed by atoms with van der Waals surface area (Å²) in [5, 5.41) is 1.82. The zero-order valence-corrected chi connectivity index (χ0v) is 14.1. The average molecular weight is 339 g/mol. The first-order chi connectivity index (χ1) is 11.8. The van der Waals surface area contributed by atoms with Crippen LogP contribution in [0.3, 0.4) is 0 Å². The van der Waals surface area contributed by atoms with E-state index in [0.717, 1.165) is 47.0 Å². The second kappa shape index (κ2) is 5.57. The number of rotatable bonds is 3. The Morgan fingerprint density at radius 1 is 1.21 bits per heavy atom. The average Bonchev–Trinajstić information content (AvgIpc) is 3.32. The summed E-state index contributed by atoms with van der Waals surface area (Å²) < 4.78 is 0. The number of aromatic nitrogens is 3. The topological polar surface area (TPSA) is 44.8 Å². The quantitative estimate of drug-likeness (QED) is 0.781. The molecule has 1 fully saturated rings. The Labute approximate surface area is 145 Å². The number of nitrogens with zero attached hydrogens (tertiary/aromatic N) is 3. The van der Waals surface area contributed by atoms with Gasteiger partial charge in [0, 0.05) is 30.6 Å². The largest absolute Gasteiger partial charge is 0.348 e. The van der Waals surface area contributed by atoms with Gasteiger partial charge in [0.15, 0.2) is 0 Å². The molecule has 3 heterocycles. The van der Waals surface area contributed by atoms with Gasteiger partial charge in [-0.1, -0.05) is 29.8 Å². The highest BCUT2D eigenvalue weighted by Crippen LogP contribution is 2.46. The van der Waals surface area contributed by atoms with E-state index in [1.807, 2.05) is 18.5 Å². The van der Waals surface area contributed by atoms with Crippen molar-refractivity contribution in [2.75, 3.05) is 6.54 Å². The van der Waals surface area contributed by atoms with E-state index >= 15 is 0 Å². The summed E-state index contributed by atoms with van der Waals surface area (Å²) in [7, 11) is 0. The summed E-state index contributed by atoms with van der Waals surface area (Å²) in [6, 6.07) is 10.6. The molecule has 4 nitrogen and oxygen atoms in total. The number of imidazole rings is 1. The summed E-state index contributed by atoms with van der Waals surface area (Å²) in [6.45, 7) is 1.91. The van der Waals surface area contributed by atoms with Gasteiger partial charge in [0.2, 0.25) is 0 Å². The number of para-hydroxylation sites is 1. The van der Waals surface area contributed by atoms with E-state index in [-0.39, 0.29) is 0 Å². The normalized spacial score (nSPS) is 21.1. The van der Waals surface area contributed by atoms with Crippen LogP contribution in [0.4, 0.5) is 0 Å². The Balaban J connectivity index is 1.48. The molecule has 0 saturated heterocycles. The van der Waals surface area contributed by atoms with Gasteiger partial charge < -0.3 is 4.98 Å². The summed E-state index contributed by atoms with van der Waals surface area (Å²) in [5.41, 5.74) is 4.55. The zero-order valence-electron chi connectivity index (χ0n) is 13.4. The third-order valence-corrected chi connectivity index (χ3v) is 5.54. The smallest absolute Gasteiger partial charge is 0.0925 e. The molecule has 1 aliphatic carbocycles. The molecule has 0 bridgehead atoms. The third kappa shape index (κ3) is 2.41. The first-order valence-electron chi connectivity index (χ1n) is 8.60. The highest BCUT2D eigenvalue weighted by Gasteiger charge is 2.40. The Hall–Kier alpha value is -1.91. The number of nitrogens with one attached hydrogen (secondary N) is 1. The van der Waals surface area contributed by atoms with Gasteiger partial charge in [-0.25, -0.2) is 9.97 Å². The molecular weight excluding hydrogens is 320 g/mol. The Morgan fingerprint density at radius 2 is 2.12 bits per heavy atom. The fourth-order valence-electron chi connectivity index (χ4n) is 3.91. The summed E-state index contributed by atoms with van der Waals surface area (Å²) in [6.07, 6.45) is 5.50. The van der Waals surface area contributed by atoms with E-state index in [2.05, 4.69) is 33.1 Å². The van der Waals surface area contributed by atoms with Gasteiger partial charge in [-0.15, -0.1) is 0 Å². The van der Waals surface area contributed by atoms with Crippen LogP contribution >= 0.6 is 11.6 Å². The molecule has 0 spiro atoms. The second-order valence-corrected chi connectivity index (χ2v) is 7.29. The lowest BCUT2D eigenvalue weighted by Gasteiger charge is -2.35. The fraction of sp³-hybridized carbons (Fsp3) is 0.368. The molecule has 0 radical (unpaired) electrons. The molecule has 5 rings (SSSR count). The molecule has 1 atom stereocenters. The van der Waals surface area contributed by atoms with Crippen molar-refractivity contribution >= 4 is 22.5 Å². The van der Waals surface area contributed by atoms with Gasteiger partial charge in [0.25, 0.3) is 0 Å². The van der Waals surface area contributed by atoms with Crippen LogP contribution < -0.4 is 0 Å². The van der Waals surface area contributed by atoms with Crippen LogP contribution in [0.5, 0.6) is 0 Å². The SMILES string of the molecule is Clc1cccc2ccc(CN3CCc4[nH]cnc4C3C3CC3)nc12. The number of H-pyrrole nitrogens is 1. The van der Waals surface area contributed by atoms with Crippen LogP contribution in [0.25, 0.3) is 10.9 Å². The standard InChI is InChI=1S/C19H19ClN4/c20-15-3-1-2-12-6-7-14(23-17(12)15)10-24-9-8-16-18(22-11-21-16)19(24)13-4-5-13/h1-3,6-7,11,13,19H,4-5,8-10H2,(H,21,22). The highest BCUT2D eigenvalue weighted by molar-refractivity contribution is 6.35. The number of fused-ring (bicyclic) bond motifs is 2. The van der Waals surface area contributed by atoms with Crippen LogP contribution in [-0.4, -0.2) is 26.4 Å². The maximum Gasteiger partial charge on any atom is 0.0925 e. The van der Waals surface area contributed by atoms with Crippen molar-refractivity contribution in [1.82, 2.24) is 19.9 Å². The number of hydrogen-bond donors (Lipinski definition) is 1. The molecule has 1 N–H and O–H groups in total. The number of hydrogen-bond acceptors (Lipinski definition) is 3. The minimum atomic E-state index is 0.434. The summed E-state index contributed by atoms with van der Waals surface area (Å²) in [4.78, 5) is 15.3. The fourth-order valence-corrected chi connectivity index (χ4v) is 4.14. The van der Waals surface area contributed by atoms with E-state index in [0.29, 0.717) is 6.04 Å². The van der Waals surface area contributed by atoms with Gasteiger partial charge in [0.1, 0.15) is 0 Å². The molecule has 24 heavy (non-hydrogen) atoms. The zero-order chi connectivity index (χ0) is 16.1. The number of benzene rings is 1. The van der Waals surface area contributed by atoms with Crippen molar-refractivity contribution in [2.45, 2.75) is 31.8 Å². The van der Waals surface area contributed by atoms with Crippen LogP contribution in [0, 0.1) is 5.92 Å². The number of halogens is 1. The maximum absolute atomic E-state index is 6.32. The van der Waals surface area contributed by atoms with Crippen molar-refractivity contribution in [1.29, 1.82) is 0 Å². The summed E-state index contributed by atoms with van der Waals surface area (Å²) in [5.74, 6) is 0.747. The molecule has 1 aliphatic heterocycles. The predicted molar refractivity (Wildman–Crippen MR) is 94.9 cm³/mol. The van der Waals surface area contributed by atoms with Crippen LogP contribution in [-0.2, 0) is 13.0 Å². The molecule has 122 valence electrons. The van der Waals surface area contributed by atoms with Crippen molar-refractivity contribution in [3.8, 4) is 0 Å². The third-order valence-electron chi connectivity index (χ3n) is 5.24. The minimum Gasteiger partial charge on any atom is -0.348 e. The van der Waals surface area contributed by atoms with Crippen molar-refractivity contribution in [3.05, 3.63) is 58.8 Å². The number of pyridine rings is 1. The Morgan fingerprint density at radius 3 is 3.00 bits per heavy atom. The van der Waals surface area contributed by atoms with Gasteiger partial charge >= 0.3 is 0 Å². The maximum atomic E-state index is 6.32. The van der Waals surface area contributed by atoms with Gasteiger partial charge in [-0.2, -0.15) is 0 Å². The molecular formula is C19H19ClN4. The number of aromatic amines is 1. The molecule has 3 aromatic rings. The predicted octanol–water partition coefficient (Wildman–Crippen LogP) is 4.12. The first-order valence-corrected chi connectivity index (χ1v) is 8.98. The van der Waals surface area contributed by atoms with E-state index in [1.165, 1.54) is 24.2 Å². The van der Waals surface area contributed by atoms with Crippen LogP contribution in [0.1, 0.15) is 36.0 Å². The highest BCUT2D eigenvalue weighted by atomic mass is 35.5. The van der Waals surface area contributed by atoms with Gasteiger partial charge in [-0.05, 0) is 30.9 Å². The molecule has 1 aromatic carbocycles. The van der Waals surface area contributed by atoms with E-state index in [9.17, 15) is 0 Å². The second-order valence-electron chi connectivity index (χ2n) is 6.88. The molecule has 1 saturated carbocycles. The first kappa shape index (κ1) is 14.4. The van der Waals surface area contributed by atoms with Crippen LogP contribution in [0.15, 0.2) is 36.7 Å².